The SMILES string of the molecule is C#Cc1cn2ncnc2cc1C. The van der Waals surface area contributed by atoms with Gasteiger partial charge in [-0.25, -0.2) is 9.50 Å². The van der Waals surface area contributed by atoms with Gasteiger partial charge in [0, 0.05) is 11.8 Å². The van der Waals surface area contributed by atoms with Gasteiger partial charge >= 0.3 is 0 Å². The molecule has 3 heteroatoms. The van der Waals surface area contributed by atoms with Crippen molar-refractivity contribution in [3.8, 4) is 12.3 Å². The van der Waals surface area contributed by atoms with Gasteiger partial charge in [0.1, 0.15) is 6.33 Å². The van der Waals surface area contributed by atoms with Crippen molar-refractivity contribution in [2.24, 2.45) is 0 Å². The first kappa shape index (κ1) is 6.86. The maximum atomic E-state index is 5.30. The Kier molecular flexibility index (Phi) is 1.34. The highest BCUT2D eigenvalue weighted by molar-refractivity contribution is 5.47. The van der Waals surface area contributed by atoms with Gasteiger partial charge in [-0.15, -0.1) is 6.42 Å². The van der Waals surface area contributed by atoms with Gasteiger partial charge in [-0.2, -0.15) is 5.10 Å². The van der Waals surface area contributed by atoms with Gasteiger partial charge in [-0.3, -0.25) is 0 Å². The molecule has 58 valence electrons. The molecule has 0 fully saturated rings. The Bertz CT molecular complexity index is 462. The molecule has 2 aromatic heterocycles. The second kappa shape index (κ2) is 2.35. The summed E-state index contributed by atoms with van der Waals surface area (Å²) in [4.78, 5) is 4.04. The van der Waals surface area contributed by atoms with Crippen LogP contribution in [0.4, 0.5) is 0 Å². The van der Waals surface area contributed by atoms with Crippen molar-refractivity contribution >= 4 is 5.65 Å². The van der Waals surface area contributed by atoms with E-state index in [0.29, 0.717) is 0 Å². The van der Waals surface area contributed by atoms with Crippen LogP contribution in [-0.2, 0) is 0 Å². The lowest BCUT2D eigenvalue weighted by molar-refractivity contribution is 0.954. The zero-order valence-corrected chi connectivity index (χ0v) is 6.65. The van der Waals surface area contributed by atoms with E-state index < -0.39 is 0 Å². The molecule has 0 N–H and O–H groups in total. The second-order valence-electron chi connectivity index (χ2n) is 2.58. The third-order valence-electron chi connectivity index (χ3n) is 1.78. The fourth-order valence-corrected chi connectivity index (χ4v) is 1.11. The van der Waals surface area contributed by atoms with Crippen LogP contribution in [-0.4, -0.2) is 14.6 Å². The van der Waals surface area contributed by atoms with Crippen LogP contribution >= 0.6 is 0 Å². The normalized spacial score (nSPS) is 10.0. The van der Waals surface area contributed by atoms with Crippen LogP contribution in [0.5, 0.6) is 0 Å². The van der Waals surface area contributed by atoms with E-state index in [2.05, 4.69) is 16.0 Å². The highest BCUT2D eigenvalue weighted by Gasteiger charge is 1.99. The van der Waals surface area contributed by atoms with Crippen molar-refractivity contribution in [1.82, 2.24) is 14.6 Å². The maximum absolute atomic E-state index is 5.30. The minimum atomic E-state index is 0.825. The average Bonchev–Trinajstić information content (AvgIpc) is 2.49. The van der Waals surface area contributed by atoms with Gasteiger partial charge < -0.3 is 0 Å². The van der Waals surface area contributed by atoms with Crippen LogP contribution in [0.3, 0.4) is 0 Å². The Hall–Kier alpha value is -1.82. The third kappa shape index (κ3) is 0.857. The van der Waals surface area contributed by atoms with E-state index in [1.165, 1.54) is 6.33 Å². The molecule has 0 saturated carbocycles. The van der Waals surface area contributed by atoms with Crippen LogP contribution in [0.25, 0.3) is 5.65 Å². The molecule has 2 aromatic rings. The molecule has 2 rings (SSSR count). The van der Waals surface area contributed by atoms with E-state index in [-0.39, 0.29) is 0 Å². The number of pyridine rings is 1. The third-order valence-corrected chi connectivity index (χ3v) is 1.78. The van der Waals surface area contributed by atoms with E-state index in [9.17, 15) is 0 Å². The lowest BCUT2D eigenvalue weighted by Gasteiger charge is -1.97. The van der Waals surface area contributed by atoms with Crippen molar-refractivity contribution in [2.45, 2.75) is 6.92 Å². The Morgan fingerprint density at radius 1 is 1.58 bits per heavy atom. The molecule has 0 aliphatic carbocycles. The lowest BCUT2D eigenvalue weighted by atomic mass is 10.2. The van der Waals surface area contributed by atoms with Crippen molar-refractivity contribution in [3.63, 3.8) is 0 Å². The van der Waals surface area contributed by atoms with Gasteiger partial charge in [0.2, 0.25) is 0 Å². The molecule has 0 aliphatic rings. The number of aromatic nitrogens is 3. The summed E-state index contributed by atoms with van der Waals surface area (Å²) >= 11 is 0. The summed E-state index contributed by atoms with van der Waals surface area (Å²) in [7, 11) is 0. The fraction of sp³-hybridized carbons (Fsp3) is 0.111. The molecule has 12 heavy (non-hydrogen) atoms. The molecule has 0 aromatic carbocycles. The number of rotatable bonds is 0. The predicted molar refractivity (Wildman–Crippen MR) is 45.7 cm³/mol. The summed E-state index contributed by atoms with van der Waals surface area (Å²) in [6, 6.07) is 1.92. The molecule has 0 radical (unpaired) electrons. The first-order chi connectivity index (χ1) is 5.81. The first-order valence-electron chi connectivity index (χ1n) is 3.58. The van der Waals surface area contributed by atoms with E-state index in [1.807, 2.05) is 13.0 Å². The zero-order chi connectivity index (χ0) is 8.55. The van der Waals surface area contributed by atoms with Crippen molar-refractivity contribution in [1.29, 1.82) is 0 Å². The molecule has 0 spiro atoms. The molecule has 0 aliphatic heterocycles. The summed E-state index contributed by atoms with van der Waals surface area (Å²) in [5.74, 6) is 2.59. The van der Waals surface area contributed by atoms with Gasteiger partial charge in [0.15, 0.2) is 5.65 Å². The van der Waals surface area contributed by atoms with Gasteiger partial charge in [0.25, 0.3) is 0 Å². The smallest absolute Gasteiger partial charge is 0.155 e. The molecule has 0 saturated heterocycles. The van der Waals surface area contributed by atoms with Crippen LogP contribution in [0.15, 0.2) is 18.6 Å². The Morgan fingerprint density at radius 2 is 2.42 bits per heavy atom. The predicted octanol–water partition coefficient (Wildman–Crippen LogP) is 1.02. The molecule has 2 heterocycles. The number of hydrogen-bond acceptors (Lipinski definition) is 2. The molecular formula is C9H7N3. The molecule has 0 unspecified atom stereocenters. The summed E-state index contributed by atoms with van der Waals surface area (Å²) in [6.45, 7) is 1.96. The van der Waals surface area contributed by atoms with Crippen LogP contribution in [0.2, 0.25) is 0 Å². The van der Waals surface area contributed by atoms with E-state index in [1.54, 1.807) is 10.7 Å². The molecule has 0 atom stereocenters. The highest BCUT2D eigenvalue weighted by atomic mass is 15.3. The van der Waals surface area contributed by atoms with Crippen LogP contribution in [0, 0.1) is 19.3 Å². The molecule has 0 amide bonds. The van der Waals surface area contributed by atoms with Gasteiger partial charge in [-0.1, -0.05) is 5.92 Å². The topological polar surface area (TPSA) is 30.2 Å². The molecule has 3 nitrogen and oxygen atoms in total. The highest BCUT2D eigenvalue weighted by Crippen LogP contribution is 2.08. The average molecular weight is 157 g/mol. The Labute approximate surface area is 70.1 Å². The summed E-state index contributed by atoms with van der Waals surface area (Å²) in [5, 5.41) is 3.98. The minimum absolute atomic E-state index is 0.825. The standard InChI is InChI=1S/C9H7N3/c1-3-8-5-12-9(4-7(8)2)10-6-11-12/h1,4-6H,2H3. The van der Waals surface area contributed by atoms with Crippen molar-refractivity contribution < 1.29 is 0 Å². The first-order valence-corrected chi connectivity index (χ1v) is 3.58. The molecule has 0 bridgehead atoms. The summed E-state index contributed by atoms with van der Waals surface area (Å²) < 4.78 is 1.67. The van der Waals surface area contributed by atoms with Gasteiger partial charge in [0.05, 0.1) is 0 Å². The number of terminal acetylenes is 1. The van der Waals surface area contributed by atoms with Gasteiger partial charge in [-0.05, 0) is 18.6 Å². The number of nitrogens with zero attached hydrogens (tertiary/aromatic N) is 3. The number of fused-ring (bicyclic) bond motifs is 1. The fourth-order valence-electron chi connectivity index (χ4n) is 1.11. The maximum Gasteiger partial charge on any atom is 0.155 e. The van der Waals surface area contributed by atoms with E-state index in [0.717, 1.165) is 16.8 Å². The van der Waals surface area contributed by atoms with Crippen molar-refractivity contribution in [2.75, 3.05) is 0 Å². The Morgan fingerprint density at radius 3 is 3.17 bits per heavy atom. The zero-order valence-electron chi connectivity index (χ0n) is 6.65. The second-order valence-corrected chi connectivity index (χ2v) is 2.58. The number of aryl methyl sites for hydroxylation is 1. The van der Waals surface area contributed by atoms with Crippen LogP contribution < -0.4 is 0 Å². The summed E-state index contributed by atoms with van der Waals surface area (Å²) in [6.07, 6.45) is 8.61. The summed E-state index contributed by atoms with van der Waals surface area (Å²) in [5.41, 5.74) is 2.73. The minimum Gasteiger partial charge on any atom is -0.220 e. The lowest BCUT2D eigenvalue weighted by Crippen LogP contribution is -1.91. The van der Waals surface area contributed by atoms with Crippen molar-refractivity contribution in [3.05, 3.63) is 29.7 Å². The number of hydrogen-bond donors (Lipinski definition) is 0. The quantitative estimate of drug-likeness (QED) is 0.534. The van der Waals surface area contributed by atoms with Crippen LogP contribution in [0.1, 0.15) is 11.1 Å². The van der Waals surface area contributed by atoms with E-state index in [4.69, 9.17) is 6.42 Å². The molecular weight excluding hydrogens is 150 g/mol. The Balaban J connectivity index is 2.84. The monoisotopic (exact) mass is 157 g/mol. The largest absolute Gasteiger partial charge is 0.220 e. The van der Waals surface area contributed by atoms with E-state index >= 15 is 0 Å².